The van der Waals surface area contributed by atoms with Gasteiger partial charge in [0.25, 0.3) is 5.92 Å². The van der Waals surface area contributed by atoms with Crippen molar-refractivity contribution in [1.29, 1.82) is 0 Å². The third kappa shape index (κ3) is 7.30. The maximum Gasteiger partial charge on any atom is 0.407 e. The molecular formula is C17H29F2NO4S. The zero-order valence-corrected chi connectivity index (χ0v) is 16.5. The van der Waals surface area contributed by atoms with Crippen LogP contribution in [-0.2, 0) is 19.1 Å². The number of carbonyl (C=O) groups is 2. The van der Waals surface area contributed by atoms with Crippen LogP contribution in [0.3, 0.4) is 0 Å². The Morgan fingerprint density at radius 1 is 1.24 bits per heavy atom. The van der Waals surface area contributed by atoms with E-state index in [9.17, 15) is 22.6 Å². The van der Waals surface area contributed by atoms with Crippen molar-refractivity contribution in [2.75, 3.05) is 19.6 Å². The SMILES string of the molecule is CNC(=O)OC(C)(C)C.CS(C)(=O)=CC(=O)CC1CC2C(C1)C2(F)F. The average Bonchev–Trinajstić information content (AvgIpc) is 2.74. The second kappa shape index (κ2) is 7.60. The largest absolute Gasteiger partial charge is 0.444 e. The Morgan fingerprint density at radius 3 is 2.04 bits per heavy atom. The van der Waals surface area contributed by atoms with Crippen LogP contribution in [0, 0.1) is 17.8 Å². The number of halogens is 2. The number of hydrogen-bond acceptors (Lipinski definition) is 4. The number of nitrogens with one attached hydrogen (secondary N) is 1. The number of alkyl carbamates (subject to hydrolysis) is 1. The predicted molar refractivity (Wildman–Crippen MR) is 95.6 cm³/mol. The van der Waals surface area contributed by atoms with E-state index in [0.29, 0.717) is 12.8 Å². The predicted octanol–water partition coefficient (Wildman–Crippen LogP) is 2.72. The molecule has 2 atom stereocenters. The van der Waals surface area contributed by atoms with Gasteiger partial charge in [-0.15, -0.1) is 0 Å². The van der Waals surface area contributed by atoms with Crippen molar-refractivity contribution in [3.05, 3.63) is 0 Å². The van der Waals surface area contributed by atoms with Crippen molar-refractivity contribution >= 4 is 26.8 Å². The molecule has 0 bridgehead atoms. The second-order valence-corrected chi connectivity index (χ2v) is 10.9. The van der Waals surface area contributed by atoms with Gasteiger partial charge in [0.1, 0.15) is 5.60 Å². The molecule has 2 aliphatic carbocycles. The third-order valence-electron chi connectivity index (χ3n) is 4.05. The summed E-state index contributed by atoms with van der Waals surface area (Å²) in [5.74, 6) is -3.53. The van der Waals surface area contributed by atoms with Gasteiger partial charge in [0.15, 0.2) is 5.78 Å². The zero-order valence-electron chi connectivity index (χ0n) is 15.7. The molecule has 2 unspecified atom stereocenters. The van der Waals surface area contributed by atoms with Gasteiger partial charge < -0.3 is 10.1 Å². The molecular weight excluding hydrogens is 352 g/mol. The molecule has 2 rings (SSSR count). The zero-order chi connectivity index (χ0) is 19.6. The molecule has 2 saturated carbocycles. The molecule has 0 heterocycles. The van der Waals surface area contributed by atoms with Crippen LogP contribution in [-0.4, -0.2) is 52.5 Å². The fourth-order valence-electron chi connectivity index (χ4n) is 3.06. The van der Waals surface area contributed by atoms with Crippen LogP contribution in [0.25, 0.3) is 0 Å². The minimum atomic E-state index is -2.47. The number of hydrogen-bond donors (Lipinski definition) is 1. The molecule has 0 aromatic carbocycles. The molecule has 0 aromatic heterocycles. The second-order valence-electron chi connectivity index (χ2n) is 8.07. The van der Waals surface area contributed by atoms with Gasteiger partial charge in [0.05, 0.1) is 0 Å². The standard InChI is InChI=1S/C11H16F2O2S.C6H13NO2/c1-16(2,15)6-8(14)3-7-4-9-10(5-7)11(9,12)13;1-6(2,3)9-5(8)7-4/h6-7,9-10H,3-5H2,1-2H3;1-4H3,(H,7,8). The number of alkyl halides is 2. The number of ketones is 1. The van der Waals surface area contributed by atoms with E-state index in [4.69, 9.17) is 4.74 Å². The van der Waals surface area contributed by atoms with Crippen molar-refractivity contribution < 1.29 is 27.3 Å². The summed E-state index contributed by atoms with van der Waals surface area (Å²) >= 11 is 0. The fourth-order valence-corrected chi connectivity index (χ4v) is 3.79. The summed E-state index contributed by atoms with van der Waals surface area (Å²) in [5, 5.41) is 3.61. The van der Waals surface area contributed by atoms with E-state index in [1.807, 2.05) is 20.8 Å². The monoisotopic (exact) mass is 381 g/mol. The van der Waals surface area contributed by atoms with Gasteiger partial charge in [0.2, 0.25) is 0 Å². The van der Waals surface area contributed by atoms with Crippen molar-refractivity contribution in [3.63, 3.8) is 0 Å². The number of rotatable bonds is 3. The van der Waals surface area contributed by atoms with Gasteiger partial charge in [-0.25, -0.2) is 13.6 Å². The summed E-state index contributed by atoms with van der Waals surface area (Å²) in [6.07, 6.45) is 3.80. The molecule has 2 fully saturated rings. The molecule has 25 heavy (non-hydrogen) atoms. The van der Waals surface area contributed by atoms with Crippen molar-refractivity contribution in [2.24, 2.45) is 17.8 Å². The summed E-state index contributed by atoms with van der Waals surface area (Å²) in [6, 6.07) is 0. The van der Waals surface area contributed by atoms with Gasteiger partial charge in [0, 0.05) is 43.2 Å². The van der Waals surface area contributed by atoms with Crippen LogP contribution >= 0.6 is 0 Å². The van der Waals surface area contributed by atoms with Crippen LogP contribution in [0.1, 0.15) is 40.0 Å². The number of ether oxygens (including phenoxy) is 1. The quantitative estimate of drug-likeness (QED) is 0.763. The first kappa shape index (κ1) is 21.9. The molecule has 0 saturated heterocycles. The molecule has 8 heteroatoms. The third-order valence-corrected chi connectivity index (χ3v) is 4.88. The molecule has 1 N–H and O–H groups in total. The van der Waals surface area contributed by atoms with Crippen LogP contribution in [0.4, 0.5) is 13.6 Å². The fraction of sp³-hybridized carbons (Fsp3) is 0.824. The molecule has 0 aromatic rings. The summed E-state index contributed by atoms with van der Waals surface area (Å²) < 4.78 is 42.0. The molecule has 2 aliphatic rings. The van der Waals surface area contributed by atoms with Crippen LogP contribution < -0.4 is 5.32 Å². The van der Waals surface area contributed by atoms with Crippen LogP contribution in [0.2, 0.25) is 0 Å². The first-order valence-electron chi connectivity index (χ1n) is 8.26. The van der Waals surface area contributed by atoms with E-state index < -0.39 is 27.3 Å². The average molecular weight is 381 g/mol. The Morgan fingerprint density at radius 2 is 1.72 bits per heavy atom. The first-order chi connectivity index (χ1) is 11.2. The first-order valence-corrected chi connectivity index (χ1v) is 10.7. The topological polar surface area (TPSA) is 72.5 Å². The molecule has 0 radical (unpaired) electrons. The van der Waals surface area contributed by atoms with Gasteiger partial charge in [-0.3, -0.25) is 9.00 Å². The molecule has 0 spiro atoms. The number of Topliss-reactive ketones (excluding diaryl/α,β-unsaturated/α-hetero) is 1. The van der Waals surface area contributed by atoms with Gasteiger partial charge in [-0.1, -0.05) is 0 Å². The Hall–Kier alpha value is -1.18. The summed E-state index contributed by atoms with van der Waals surface area (Å²) in [7, 11) is -0.627. The van der Waals surface area contributed by atoms with Gasteiger partial charge in [-0.05, 0) is 49.1 Å². The molecule has 5 nitrogen and oxygen atoms in total. The summed E-state index contributed by atoms with van der Waals surface area (Å²) in [5.41, 5.74) is -0.389. The maximum absolute atomic E-state index is 12.9. The highest BCUT2D eigenvalue weighted by Crippen LogP contribution is 2.66. The number of fused-ring (bicyclic) bond motifs is 1. The van der Waals surface area contributed by atoms with E-state index in [-0.39, 0.29) is 29.8 Å². The maximum atomic E-state index is 12.9. The Kier molecular flexibility index (Phi) is 6.64. The van der Waals surface area contributed by atoms with Crippen molar-refractivity contribution in [1.82, 2.24) is 5.32 Å². The normalized spacial score (nSPS) is 26.6. The highest BCUT2D eigenvalue weighted by molar-refractivity contribution is 8.01. The lowest BCUT2D eigenvalue weighted by Crippen LogP contribution is -2.30. The molecule has 1 amide bonds. The Bertz CT molecular complexity index is 611. The lowest BCUT2D eigenvalue weighted by molar-refractivity contribution is -0.113. The number of amides is 1. The van der Waals surface area contributed by atoms with Crippen molar-refractivity contribution in [2.45, 2.75) is 51.6 Å². The smallest absolute Gasteiger partial charge is 0.407 e. The Balaban J connectivity index is 0.000000299. The van der Waals surface area contributed by atoms with E-state index in [2.05, 4.69) is 5.32 Å². The summed E-state index contributed by atoms with van der Waals surface area (Å²) in [4.78, 5) is 22.0. The van der Waals surface area contributed by atoms with E-state index >= 15 is 0 Å². The highest BCUT2D eigenvalue weighted by Gasteiger charge is 2.71. The lowest BCUT2D eigenvalue weighted by Gasteiger charge is -2.18. The van der Waals surface area contributed by atoms with E-state index in [1.165, 1.54) is 24.9 Å². The van der Waals surface area contributed by atoms with E-state index in [0.717, 1.165) is 0 Å². The van der Waals surface area contributed by atoms with E-state index in [1.54, 1.807) is 0 Å². The molecule has 0 aliphatic heterocycles. The summed E-state index contributed by atoms with van der Waals surface area (Å²) in [6.45, 7) is 5.46. The van der Waals surface area contributed by atoms with Crippen molar-refractivity contribution in [3.8, 4) is 0 Å². The van der Waals surface area contributed by atoms with Gasteiger partial charge >= 0.3 is 6.09 Å². The van der Waals surface area contributed by atoms with Gasteiger partial charge in [-0.2, -0.15) is 0 Å². The molecule has 146 valence electrons. The minimum absolute atomic E-state index is 0.0696. The minimum Gasteiger partial charge on any atom is -0.444 e. The highest BCUT2D eigenvalue weighted by atomic mass is 32.2. The number of carbonyl (C=O) groups excluding carboxylic acids is 2. The van der Waals surface area contributed by atoms with Crippen LogP contribution in [0.15, 0.2) is 0 Å². The lowest BCUT2D eigenvalue weighted by atomic mass is 9.97. The van der Waals surface area contributed by atoms with Crippen LogP contribution in [0.5, 0.6) is 0 Å². The Labute approximate surface area is 148 Å².